The van der Waals surface area contributed by atoms with Crippen molar-refractivity contribution in [2.45, 2.75) is 5.22 Å². The third-order valence-corrected chi connectivity index (χ3v) is 4.01. The maximum atomic E-state index is 13.7. The zero-order chi connectivity index (χ0) is 18.4. The van der Waals surface area contributed by atoms with Crippen LogP contribution in [-0.4, -0.2) is 27.8 Å². The van der Waals surface area contributed by atoms with E-state index in [-0.39, 0.29) is 22.4 Å². The number of hydrazine groups is 1. The van der Waals surface area contributed by atoms with Crippen molar-refractivity contribution >= 4 is 23.6 Å². The second-order valence-electron chi connectivity index (χ2n) is 5.01. The van der Waals surface area contributed by atoms with E-state index < -0.39 is 17.6 Å². The highest BCUT2D eigenvalue weighted by Gasteiger charge is 2.14. The maximum Gasteiger partial charge on any atom is 0.277 e. The lowest BCUT2D eigenvalue weighted by Crippen LogP contribution is -2.42. The molecule has 3 rings (SSSR count). The van der Waals surface area contributed by atoms with Gasteiger partial charge in [0.15, 0.2) is 0 Å². The van der Waals surface area contributed by atoms with Crippen LogP contribution >= 0.6 is 11.8 Å². The molecule has 1 aromatic heterocycles. The maximum absolute atomic E-state index is 13.7. The van der Waals surface area contributed by atoms with Gasteiger partial charge in [-0.15, -0.1) is 10.2 Å². The molecule has 0 aliphatic heterocycles. The van der Waals surface area contributed by atoms with Gasteiger partial charge in [0, 0.05) is 5.56 Å². The summed E-state index contributed by atoms with van der Waals surface area (Å²) >= 11 is 0.971. The Morgan fingerprint density at radius 1 is 1.00 bits per heavy atom. The summed E-state index contributed by atoms with van der Waals surface area (Å²) < 4.78 is 19.0. The highest BCUT2D eigenvalue weighted by Crippen LogP contribution is 2.24. The molecule has 0 saturated heterocycles. The van der Waals surface area contributed by atoms with Gasteiger partial charge in [-0.2, -0.15) is 0 Å². The summed E-state index contributed by atoms with van der Waals surface area (Å²) in [5.41, 5.74) is 5.20. The summed E-state index contributed by atoms with van der Waals surface area (Å²) in [6.07, 6.45) is 0. The molecule has 0 atom stereocenters. The standard InChI is InChI=1S/C17H13FN4O3S/c18-13-9-5-4-8-12(13)16-21-22-17(25-16)26-10-14(23)19-20-15(24)11-6-2-1-3-7-11/h1-9H,10H2,(H,19,23)(H,20,24). The molecular formula is C17H13FN4O3S. The number of aromatic nitrogens is 2. The van der Waals surface area contributed by atoms with Gasteiger partial charge in [0.25, 0.3) is 17.0 Å². The molecule has 2 N–H and O–H groups in total. The Labute approximate surface area is 152 Å². The van der Waals surface area contributed by atoms with Crippen molar-refractivity contribution in [3.05, 3.63) is 66.0 Å². The van der Waals surface area contributed by atoms with E-state index in [0.717, 1.165) is 11.8 Å². The van der Waals surface area contributed by atoms with Crippen molar-refractivity contribution in [3.63, 3.8) is 0 Å². The van der Waals surface area contributed by atoms with E-state index in [2.05, 4.69) is 21.0 Å². The molecule has 7 nitrogen and oxygen atoms in total. The minimum absolute atomic E-state index is 0.0309. The molecule has 3 aromatic rings. The van der Waals surface area contributed by atoms with Gasteiger partial charge < -0.3 is 4.42 Å². The van der Waals surface area contributed by atoms with Crippen LogP contribution in [0.25, 0.3) is 11.5 Å². The molecule has 0 aliphatic rings. The quantitative estimate of drug-likeness (QED) is 0.527. The largest absolute Gasteiger partial charge is 0.411 e. The predicted molar refractivity (Wildman–Crippen MR) is 92.5 cm³/mol. The lowest BCUT2D eigenvalue weighted by atomic mass is 10.2. The van der Waals surface area contributed by atoms with E-state index in [9.17, 15) is 14.0 Å². The van der Waals surface area contributed by atoms with Crippen LogP contribution in [0.2, 0.25) is 0 Å². The van der Waals surface area contributed by atoms with Gasteiger partial charge in [-0.1, -0.05) is 42.1 Å². The van der Waals surface area contributed by atoms with Crippen molar-refractivity contribution in [3.8, 4) is 11.5 Å². The SMILES string of the molecule is O=C(CSc1nnc(-c2ccccc2F)o1)NNC(=O)c1ccccc1. The van der Waals surface area contributed by atoms with E-state index in [1.54, 1.807) is 42.5 Å². The lowest BCUT2D eigenvalue weighted by Gasteiger charge is -2.06. The monoisotopic (exact) mass is 372 g/mol. The summed E-state index contributed by atoms with van der Waals surface area (Å²) in [4.78, 5) is 23.6. The Bertz CT molecular complexity index is 917. The van der Waals surface area contributed by atoms with Gasteiger partial charge in [-0.05, 0) is 24.3 Å². The average Bonchev–Trinajstić information content (AvgIpc) is 3.14. The number of nitrogens with zero attached hydrogens (tertiary/aromatic N) is 2. The van der Waals surface area contributed by atoms with Crippen LogP contribution in [0.15, 0.2) is 64.2 Å². The van der Waals surface area contributed by atoms with E-state index in [1.807, 2.05) is 0 Å². The number of nitrogens with one attached hydrogen (secondary N) is 2. The smallest absolute Gasteiger partial charge is 0.277 e. The number of benzene rings is 2. The van der Waals surface area contributed by atoms with Crippen LogP contribution in [0.5, 0.6) is 0 Å². The highest BCUT2D eigenvalue weighted by molar-refractivity contribution is 7.99. The molecule has 0 unspecified atom stereocenters. The van der Waals surface area contributed by atoms with Gasteiger partial charge >= 0.3 is 0 Å². The second kappa shape index (κ2) is 8.26. The molecule has 0 radical (unpaired) electrons. The molecular weight excluding hydrogens is 359 g/mol. The first kappa shape index (κ1) is 17.6. The van der Waals surface area contributed by atoms with Gasteiger partial charge in [0.1, 0.15) is 5.82 Å². The molecule has 1 heterocycles. The number of carbonyl (C=O) groups excluding carboxylic acids is 2. The Morgan fingerprint density at radius 2 is 1.73 bits per heavy atom. The summed E-state index contributed by atoms with van der Waals surface area (Å²) in [5, 5.41) is 7.64. The van der Waals surface area contributed by atoms with E-state index in [0.29, 0.717) is 5.56 Å². The summed E-state index contributed by atoms with van der Waals surface area (Å²) in [5.74, 6) is -1.39. The predicted octanol–water partition coefficient (Wildman–Crippen LogP) is 2.43. The number of hydrogen-bond donors (Lipinski definition) is 2. The molecule has 0 spiro atoms. The Morgan fingerprint density at radius 3 is 2.50 bits per heavy atom. The molecule has 0 bridgehead atoms. The number of halogens is 1. The summed E-state index contributed by atoms with van der Waals surface area (Å²) in [6, 6.07) is 14.5. The third-order valence-electron chi connectivity index (χ3n) is 3.19. The van der Waals surface area contributed by atoms with E-state index in [4.69, 9.17) is 4.42 Å². The van der Waals surface area contributed by atoms with Crippen molar-refractivity contribution in [1.82, 2.24) is 21.0 Å². The summed E-state index contributed by atoms with van der Waals surface area (Å²) in [6.45, 7) is 0. The van der Waals surface area contributed by atoms with Crippen LogP contribution in [0.4, 0.5) is 4.39 Å². The molecule has 26 heavy (non-hydrogen) atoms. The van der Waals surface area contributed by atoms with Crippen molar-refractivity contribution in [2.24, 2.45) is 0 Å². The van der Waals surface area contributed by atoms with Crippen LogP contribution < -0.4 is 10.9 Å². The first-order valence-corrected chi connectivity index (χ1v) is 8.47. The molecule has 132 valence electrons. The Balaban J connectivity index is 1.49. The van der Waals surface area contributed by atoms with Crippen LogP contribution in [-0.2, 0) is 4.79 Å². The first-order valence-electron chi connectivity index (χ1n) is 7.49. The zero-order valence-corrected chi connectivity index (χ0v) is 14.1. The van der Waals surface area contributed by atoms with Crippen LogP contribution in [0.1, 0.15) is 10.4 Å². The fourth-order valence-electron chi connectivity index (χ4n) is 1.96. The molecule has 2 aromatic carbocycles. The highest BCUT2D eigenvalue weighted by atomic mass is 32.2. The Hall–Kier alpha value is -3.20. The van der Waals surface area contributed by atoms with Gasteiger partial charge in [0.05, 0.1) is 11.3 Å². The number of carbonyl (C=O) groups is 2. The fourth-order valence-corrected chi connectivity index (χ4v) is 2.53. The van der Waals surface area contributed by atoms with Gasteiger partial charge in [-0.25, -0.2) is 4.39 Å². The van der Waals surface area contributed by atoms with Crippen molar-refractivity contribution in [2.75, 3.05) is 5.75 Å². The normalized spacial score (nSPS) is 10.3. The molecule has 0 aliphatic carbocycles. The molecule has 9 heteroatoms. The number of amides is 2. The lowest BCUT2D eigenvalue weighted by molar-refractivity contribution is -0.119. The zero-order valence-electron chi connectivity index (χ0n) is 13.3. The minimum atomic E-state index is -0.478. The van der Waals surface area contributed by atoms with Crippen LogP contribution in [0.3, 0.4) is 0 Å². The molecule has 2 amide bonds. The molecule has 0 saturated carbocycles. The average molecular weight is 372 g/mol. The molecule has 0 fully saturated rings. The number of thioether (sulfide) groups is 1. The van der Waals surface area contributed by atoms with Crippen LogP contribution in [0, 0.1) is 5.82 Å². The fraction of sp³-hybridized carbons (Fsp3) is 0.0588. The number of hydrogen-bond acceptors (Lipinski definition) is 6. The third kappa shape index (κ3) is 4.45. The Kier molecular flexibility index (Phi) is 5.59. The minimum Gasteiger partial charge on any atom is -0.411 e. The van der Waals surface area contributed by atoms with Gasteiger partial charge in [0.2, 0.25) is 5.91 Å². The van der Waals surface area contributed by atoms with Gasteiger partial charge in [-0.3, -0.25) is 20.4 Å². The van der Waals surface area contributed by atoms with E-state index in [1.165, 1.54) is 12.1 Å². The first-order chi connectivity index (χ1) is 12.6. The number of rotatable bonds is 5. The van der Waals surface area contributed by atoms with Crippen molar-refractivity contribution in [1.29, 1.82) is 0 Å². The van der Waals surface area contributed by atoms with Crippen molar-refractivity contribution < 1.29 is 18.4 Å². The van der Waals surface area contributed by atoms with E-state index >= 15 is 0 Å². The second-order valence-corrected chi connectivity index (χ2v) is 5.94. The topological polar surface area (TPSA) is 97.1 Å². The summed E-state index contributed by atoms with van der Waals surface area (Å²) in [7, 11) is 0.